The van der Waals surface area contributed by atoms with E-state index in [1.807, 2.05) is 37.3 Å². The molecule has 0 saturated heterocycles. The van der Waals surface area contributed by atoms with Gasteiger partial charge in [-0.2, -0.15) is 0 Å². The van der Waals surface area contributed by atoms with E-state index >= 15 is 0 Å². The topological polar surface area (TPSA) is 84.5 Å². The Hall–Kier alpha value is -3.16. The maximum absolute atomic E-state index is 12.5. The summed E-state index contributed by atoms with van der Waals surface area (Å²) >= 11 is 0. The Morgan fingerprint density at radius 1 is 0.900 bits per heavy atom. The third-order valence-electron chi connectivity index (χ3n) is 4.40. The minimum atomic E-state index is -3.61. The first-order valence-electron chi connectivity index (χ1n) is 9.66. The van der Waals surface area contributed by atoms with Crippen LogP contribution in [0.1, 0.15) is 22.8 Å². The molecule has 0 saturated carbocycles. The first kappa shape index (κ1) is 21.5. The largest absolute Gasteiger partial charge is 0.494 e. The maximum Gasteiger partial charge on any atom is 0.255 e. The van der Waals surface area contributed by atoms with Gasteiger partial charge in [-0.15, -0.1) is 0 Å². The summed E-state index contributed by atoms with van der Waals surface area (Å²) in [6, 6.07) is 22.6. The molecule has 0 heterocycles. The van der Waals surface area contributed by atoms with E-state index in [9.17, 15) is 13.2 Å². The third kappa shape index (κ3) is 5.92. The van der Waals surface area contributed by atoms with Crippen LogP contribution in [0.4, 0.5) is 5.69 Å². The molecule has 0 aliphatic heterocycles. The summed E-state index contributed by atoms with van der Waals surface area (Å²) in [5.41, 5.74) is 2.06. The van der Waals surface area contributed by atoms with Crippen LogP contribution in [0, 0.1) is 0 Å². The Bertz CT molecular complexity index is 1060. The van der Waals surface area contributed by atoms with E-state index in [4.69, 9.17) is 4.74 Å². The molecule has 0 aliphatic rings. The Morgan fingerprint density at radius 3 is 2.20 bits per heavy atom. The van der Waals surface area contributed by atoms with Crippen molar-refractivity contribution >= 4 is 21.6 Å². The smallest absolute Gasteiger partial charge is 0.255 e. The van der Waals surface area contributed by atoms with E-state index in [1.54, 1.807) is 36.4 Å². The van der Waals surface area contributed by atoms with Gasteiger partial charge in [-0.1, -0.05) is 30.3 Å². The zero-order chi connectivity index (χ0) is 21.4. The van der Waals surface area contributed by atoms with Gasteiger partial charge < -0.3 is 10.1 Å². The lowest BCUT2D eigenvalue weighted by Gasteiger charge is -2.09. The number of carbonyl (C=O) groups excluding carboxylic acids is 1. The van der Waals surface area contributed by atoms with Crippen molar-refractivity contribution in [1.82, 2.24) is 4.72 Å². The first-order valence-corrected chi connectivity index (χ1v) is 11.1. The number of anilines is 1. The molecule has 0 bridgehead atoms. The highest BCUT2D eigenvalue weighted by atomic mass is 32.2. The Kier molecular flexibility index (Phi) is 7.21. The highest BCUT2D eigenvalue weighted by Crippen LogP contribution is 2.17. The van der Waals surface area contributed by atoms with E-state index < -0.39 is 10.0 Å². The summed E-state index contributed by atoms with van der Waals surface area (Å²) in [5.74, 6) is 0.415. The summed E-state index contributed by atoms with van der Waals surface area (Å²) in [5, 5.41) is 2.76. The number of rotatable bonds is 9. The fourth-order valence-corrected chi connectivity index (χ4v) is 3.88. The van der Waals surface area contributed by atoms with Crippen molar-refractivity contribution in [2.45, 2.75) is 18.2 Å². The van der Waals surface area contributed by atoms with Crippen LogP contribution in [0.5, 0.6) is 5.75 Å². The van der Waals surface area contributed by atoms with Gasteiger partial charge in [0.1, 0.15) is 5.75 Å². The van der Waals surface area contributed by atoms with Crippen molar-refractivity contribution in [3.8, 4) is 5.75 Å². The van der Waals surface area contributed by atoms with Gasteiger partial charge in [-0.05, 0) is 67.4 Å². The molecule has 6 nitrogen and oxygen atoms in total. The normalized spacial score (nSPS) is 11.1. The average molecular weight is 425 g/mol. The molecule has 0 aromatic heterocycles. The van der Waals surface area contributed by atoms with E-state index in [0.717, 1.165) is 5.56 Å². The predicted molar refractivity (Wildman–Crippen MR) is 117 cm³/mol. The van der Waals surface area contributed by atoms with Crippen molar-refractivity contribution in [2.24, 2.45) is 0 Å². The average Bonchev–Trinajstić information content (AvgIpc) is 2.75. The number of hydrogen-bond donors (Lipinski definition) is 2. The highest BCUT2D eigenvalue weighted by Gasteiger charge is 2.14. The van der Waals surface area contributed by atoms with E-state index in [-0.39, 0.29) is 10.8 Å². The van der Waals surface area contributed by atoms with Crippen LogP contribution in [0.3, 0.4) is 0 Å². The molecule has 30 heavy (non-hydrogen) atoms. The number of sulfonamides is 1. The molecule has 3 aromatic rings. The quantitative estimate of drug-likeness (QED) is 0.546. The molecule has 156 valence electrons. The lowest BCUT2D eigenvalue weighted by Crippen LogP contribution is -2.26. The van der Waals surface area contributed by atoms with Crippen molar-refractivity contribution in [3.05, 3.63) is 90.0 Å². The fraction of sp³-hybridized carbons (Fsp3) is 0.174. The van der Waals surface area contributed by atoms with Crippen LogP contribution in [-0.4, -0.2) is 27.5 Å². The van der Waals surface area contributed by atoms with Crippen LogP contribution in [-0.2, 0) is 16.4 Å². The molecule has 0 aliphatic carbocycles. The Balaban J connectivity index is 1.57. The van der Waals surface area contributed by atoms with Gasteiger partial charge in [0.2, 0.25) is 10.0 Å². The van der Waals surface area contributed by atoms with Gasteiger partial charge in [0, 0.05) is 17.8 Å². The molecule has 0 fully saturated rings. The summed E-state index contributed by atoms with van der Waals surface area (Å²) in [4.78, 5) is 12.5. The van der Waals surface area contributed by atoms with Crippen LogP contribution < -0.4 is 14.8 Å². The minimum Gasteiger partial charge on any atom is -0.494 e. The lowest BCUT2D eigenvalue weighted by atomic mass is 10.2. The number of benzene rings is 3. The molecule has 1 amide bonds. The number of nitrogens with one attached hydrogen (secondary N) is 2. The van der Waals surface area contributed by atoms with Gasteiger partial charge in [-0.3, -0.25) is 4.79 Å². The summed E-state index contributed by atoms with van der Waals surface area (Å²) in [7, 11) is -3.61. The fourth-order valence-electron chi connectivity index (χ4n) is 2.85. The molecule has 2 N–H and O–H groups in total. The van der Waals surface area contributed by atoms with Gasteiger partial charge in [0.15, 0.2) is 0 Å². The Labute approximate surface area is 177 Å². The maximum atomic E-state index is 12.5. The number of amides is 1. The summed E-state index contributed by atoms with van der Waals surface area (Å²) in [6.07, 6.45) is 0.607. The zero-order valence-electron chi connectivity index (χ0n) is 16.7. The van der Waals surface area contributed by atoms with E-state index in [1.165, 1.54) is 12.1 Å². The number of ether oxygens (including phenoxy) is 1. The van der Waals surface area contributed by atoms with Crippen LogP contribution >= 0.6 is 0 Å². The van der Waals surface area contributed by atoms with Gasteiger partial charge in [0.25, 0.3) is 5.91 Å². The molecule has 3 rings (SSSR count). The van der Waals surface area contributed by atoms with Crippen LogP contribution in [0.15, 0.2) is 83.8 Å². The van der Waals surface area contributed by atoms with Crippen molar-refractivity contribution in [1.29, 1.82) is 0 Å². The Morgan fingerprint density at radius 2 is 1.57 bits per heavy atom. The monoisotopic (exact) mass is 424 g/mol. The second-order valence-electron chi connectivity index (χ2n) is 6.57. The zero-order valence-corrected chi connectivity index (χ0v) is 17.5. The molecule has 0 atom stereocenters. The molecule has 7 heteroatoms. The first-order chi connectivity index (χ1) is 14.5. The van der Waals surface area contributed by atoms with Crippen molar-refractivity contribution < 1.29 is 17.9 Å². The molecule has 0 unspecified atom stereocenters. The standard InChI is InChI=1S/C23H24N2O4S/c1-2-29-21-12-8-19(9-13-21)23(26)25-20-10-14-22(15-11-20)30(27,28)24-17-16-18-6-4-3-5-7-18/h3-15,24H,2,16-17H2,1H3,(H,25,26). The third-order valence-corrected chi connectivity index (χ3v) is 5.88. The van der Waals surface area contributed by atoms with Crippen molar-refractivity contribution in [2.75, 3.05) is 18.5 Å². The van der Waals surface area contributed by atoms with Gasteiger partial charge >= 0.3 is 0 Å². The molecule has 3 aromatic carbocycles. The molecular weight excluding hydrogens is 400 g/mol. The summed E-state index contributed by atoms with van der Waals surface area (Å²) < 4.78 is 32.9. The number of hydrogen-bond acceptors (Lipinski definition) is 4. The minimum absolute atomic E-state index is 0.148. The van der Waals surface area contributed by atoms with Gasteiger partial charge in [-0.25, -0.2) is 13.1 Å². The van der Waals surface area contributed by atoms with Crippen molar-refractivity contribution in [3.63, 3.8) is 0 Å². The predicted octanol–water partition coefficient (Wildman–Crippen LogP) is 3.86. The van der Waals surface area contributed by atoms with E-state index in [2.05, 4.69) is 10.0 Å². The van der Waals surface area contributed by atoms with Gasteiger partial charge in [0.05, 0.1) is 11.5 Å². The lowest BCUT2D eigenvalue weighted by molar-refractivity contribution is 0.102. The summed E-state index contributed by atoms with van der Waals surface area (Å²) in [6.45, 7) is 2.76. The van der Waals surface area contributed by atoms with Crippen LogP contribution in [0.25, 0.3) is 0 Å². The second kappa shape index (κ2) is 10.0. The highest BCUT2D eigenvalue weighted by molar-refractivity contribution is 7.89. The molecular formula is C23H24N2O4S. The van der Waals surface area contributed by atoms with Crippen LogP contribution in [0.2, 0.25) is 0 Å². The molecule has 0 radical (unpaired) electrons. The molecule has 0 spiro atoms. The SMILES string of the molecule is CCOc1ccc(C(=O)Nc2ccc(S(=O)(=O)NCCc3ccccc3)cc2)cc1. The van der Waals surface area contributed by atoms with E-state index in [0.29, 0.717) is 36.6 Å². The second-order valence-corrected chi connectivity index (χ2v) is 8.34. The number of carbonyl (C=O) groups is 1.